The summed E-state index contributed by atoms with van der Waals surface area (Å²) in [5.41, 5.74) is 2.38. The Morgan fingerprint density at radius 1 is 1.18 bits per heavy atom. The molecule has 17 heavy (non-hydrogen) atoms. The topological polar surface area (TPSA) is 70.4 Å². The Morgan fingerprint density at radius 3 is 2.47 bits per heavy atom. The summed E-state index contributed by atoms with van der Waals surface area (Å²) in [7, 11) is 0. The van der Waals surface area contributed by atoms with Crippen molar-refractivity contribution in [2.45, 2.75) is 6.61 Å². The van der Waals surface area contributed by atoms with Crippen LogP contribution in [0.4, 0.5) is 0 Å². The number of aliphatic hydroxyl groups excluding tert-OH is 1. The molecular weight excluding hydrogens is 218 g/mol. The molecule has 4 nitrogen and oxygen atoms in total. The summed E-state index contributed by atoms with van der Waals surface area (Å²) in [4.78, 5) is 14.8. The van der Waals surface area contributed by atoms with Crippen molar-refractivity contribution in [1.82, 2.24) is 4.98 Å². The lowest BCUT2D eigenvalue weighted by molar-refractivity contribution is 0.0697. The van der Waals surface area contributed by atoms with Crippen molar-refractivity contribution in [1.29, 1.82) is 0 Å². The van der Waals surface area contributed by atoms with Crippen LogP contribution in [0, 0.1) is 0 Å². The summed E-state index contributed by atoms with van der Waals surface area (Å²) in [6, 6.07) is 8.76. The summed E-state index contributed by atoms with van der Waals surface area (Å²) in [6.45, 7) is -0.0254. The Balaban J connectivity index is 2.48. The van der Waals surface area contributed by atoms with Crippen molar-refractivity contribution >= 4 is 5.97 Å². The summed E-state index contributed by atoms with van der Waals surface area (Å²) < 4.78 is 0. The summed E-state index contributed by atoms with van der Waals surface area (Å²) in [5.74, 6) is -1.00. The van der Waals surface area contributed by atoms with Crippen LogP contribution in [0.2, 0.25) is 0 Å². The lowest BCUT2D eigenvalue weighted by Crippen LogP contribution is -2.00. The van der Waals surface area contributed by atoms with Crippen LogP contribution in [-0.2, 0) is 6.61 Å². The SMILES string of the molecule is O=C(O)c1cnccc1-c1ccc(CO)cc1. The molecule has 0 atom stereocenters. The van der Waals surface area contributed by atoms with E-state index < -0.39 is 5.97 Å². The highest BCUT2D eigenvalue weighted by molar-refractivity contribution is 5.95. The Labute approximate surface area is 98.2 Å². The van der Waals surface area contributed by atoms with Gasteiger partial charge in [-0.25, -0.2) is 4.79 Å². The summed E-state index contributed by atoms with van der Waals surface area (Å²) in [5, 5.41) is 18.0. The number of carboxylic acids is 1. The van der Waals surface area contributed by atoms with E-state index in [-0.39, 0.29) is 12.2 Å². The Morgan fingerprint density at radius 2 is 1.88 bits per heavy atom. The normalized spacial score (nSPS) is 10.2. The van der Waals surface area contributed by atoms with E-state index in [1.165, 1.54) is 6.20 Å². The number of nitrogens with zero attached hydrogens (tertiary/aromatic N) is 1. The highest BCUT2D eigenvalue weighted by atomic mass is 16.4. The molecule has 1 aromatic heterocycles. The fraction of sp³-hybridized carbons (Fsp3) is 0.0769. The maximum absolute atomic E-state index is 11.0. The molecule has 0 radical (unpaired) electrons. The third-order valence-corrected chi connectivity index (χ3v) is 2.50. The van der Waals surface area contributed by atoms with Gasteiger partial charge < -0.3 is 10.2 Å². The lowest BCUT2D eigenvalue weighted by Gasteiger charge is -2.06. The zero-order valence-electron chi connectivity index (χ0n) is 9.00. The van der Waals surface area contributed by atoms with Crippen LogP contribution in [0.3, 0.4) is 0 Å². The number of pyridine rings is 1. The Bertz CT molecular complexity index is 535. The van der Waals surface area contributed by atoms with Gasteiger partial charge >= 0.3 is 5.97 Å². The fourth-order valence-corrected chi connectivity index (χ4v) is 1.61. The summed E-state index contributed by atoms with van der Waals surface area (Å²) in [6.07, 6.45) is 2.89. The van der Waals surface area contributed by atoms with E-state index in [2.05, 4.69) is 4.98 Å². The van der Waals surface area contributed by atoms with Gasteiger partial charge in [-0.2, -0.15) is 0 Å². The molecule has 0 aliphatic rings. The Kier molecular flexibility index (Phi) is 3.16. The van der Waals surface area contributed by atoms with E-state index in [1.807, 2.05) is 0 Å². The van der Waals surface area contributed by atoms with E-state index in [0.29, 0.717) is 5.56 Å². The van der Waals surface area contributed by atoms with Crippen LogP contribution in [0.15, 0.2) is 42.7 Å². The largest absolute Gasteiger partial charge is 0.478 e. The standard InChI is InChI=1S/C13H11NO3/c15-8-9-1-3-10(4-2-9)11-5-6-14-7-12(11)13(16)17/h1-7,15H,8H2,(H,16,17). The van der Waals surface area contributed by atoms with Gasteiger partial charge in [-0.1, -0.05) is 24.3 Å². The van der Waals surface area contributed by atoms with Gasteiger partial charge in [0.1, 0.15) is 0 Å². The third-order valence-electron chi connectivity index (χ3n) is 2.50. The Hall–Kier alpha value is -2.20. The number of hydrogen-bond donors (Lipinski definition) is 2. The number of aliphatic hydroxyl groups is 1. The van der Waals surface area contributed by atoms with Gasteiger partial charge in [-0.3, -0.25) is 4.98 Å². The molecule has 0 fully saturated rings. The van der Waals surface area contributed by atoms with E-state index in [0.717, 1.165) is 11.1 Å². The quantitative estimate of drug-likeness (QED) is 0.843. The zero-order chi connectivity index (χ0) is 12.3. The fourth-order valence-electron chi connectivity index (χ4n) is 1.61. The maximum Gasteiger partial charge on any atom is 0.337 e. The van der Waals surface area contributed by atoms with Crippen molar-refractivity contribution < 1.29 is 15.0 Å². The molecule has 1 heterocycles. The molecule has 0 aliphatic heterocycles. The van der Waals surface area contributed by atoms with Gasteiger partial charge in [0.25, 0.3) is 0 Å². The molecule has 2 N–H and O–H groups in total. The number of benzene rings is 1. The minimum Gasteiger partial charge on any atom is -0.478 e. The monoisotopic (exact) mass is 229 g/mol. The number of carboxylic acid groups (broad SMARTS) is 1. The number of carbonyl (C=O) groups is 1. The van der Waals surface area contributed by atoms with Crippen LogP contribution < -0.4 is 0 Å². The second-order valence-corrected chi connectivity index (χ2v) is 3.58. The van der Waals surface area contributed by atoms with Gasteiger partial charge in [0, 0.05) is 12.4 Å². The van der Waals surface area contributed by atoms with Crippen molar-refractivity contribution in [2.75, 3.05) is 0 Å². The third kappa shape index (κ3) is 2.32. The lowest BCUT2D eigenvalue weighted by atomic mass is 10.0. The number of aromatic carboxylic acids is 1. The van der Waals surface area contributed by atoms with Gasteiger partial charge in [-0.05, 0) is 22.8 Å². The number of aromatic nitrogens is 1. The average molecular weight is 229 g/mol. The predicted molar refractivity (Wildman–Crippen MR) is 62.6 cm³/mol. The van der Waals surface area contributed by atoms with Crippen LogP contribution in [-0.4, -0.2) is 21.2 Å². The summed E-state index contributed by atoms with van der Waals surface area (Å²) >= 11 is 0. The van der Waals surface area contributed by atoms with E-state index in [9.17, 15) is 4.79 Å². The molecule has 0 unspecified atom stereocenters. The first-order valence-electron chi connectivity index (χ1n) is 5.10. The predicted octanol–water partition coefficient (Wildman–Crippen LogP) is 1.94. The van der Waals surface area contributed by atoms with E-state index in [1.54, 1.807) is 36.5 Å². The molecular formula is C13H11NO3. The second-order valence-electron chi connectivity index (χ2n) is 3.58. The van der Waals surface area contributed by atoms with Crippen LogP contribution in [0.5, 0.6) is 0 Å². The van der Waals surface area contributed by atoms with Crippen molar-refractivity contribution in [3.05, 3.63) is 53.9 Å². The second kappa shape index (κ2) is 4.76. The van der Waals surface area contributed by atoms with Crippen LogP contribution >= 0.6 is 0 Å². The minimum atomic E-state index is -1.00. The van der Waals surface area contributed by atoms with Crippen molar-refractivity contribution in [2.24, 2.45) is 0 Å². The van der Waals surface area contributed by atoms with Gasteiger partial charge in [0.15, 0.2) is 0 Å². The molecule has 0 saturated heterocycles. The average Bonchev–Trinajstić information content (AvgIpc) is 2.39. The first-order chi connectivity index (χ1) is 8.22. The van der Waals surface area contributed by atoms with E-state index in [4.69, 9.17) is 10.2 Å². The minimum absolute atomic E-state index is 0.0254. The number of hydrogen-bond acceptors (Lipinski definition) is 3. The highest BCUT2D eigenvalue weighted by Gasteiger charge is 2.11. The van der Waals surface area contributed by atoms with Gasteiger partial charge in [0.05, 0.1) is 12.2 Å². The molecule has 2 aromatic rings. The zero-order valence-corrected chi connectivity index (χ0v) is 9.00. The first-order valence-corrected chi connectivity index (χ1v) is 5.10. The van der Waals surface area contributed by atoms with E-state index >= 15 is 0 Å². The molecule has 0 spiro atoms. The van der Waals surface area contributed by atoms with Crippen LogP contribution in [0.25, 0.3) is 11.1 Å². The molecule has 0 bridgehead atoms. The molecule has 0 aliphatic carbocycles. The molecule has 86 valence electrons. The van der Waals surface area contributed by atoms with Crippen molar-refractivity contribution in [3.63, 3.8) is 0 Å². The van der Waals surface area contributed by atoms with Gasteiger partial charge in [0.2, 0.25) is 0 Å². The number of rotatable bonds is 3. The molecule has 0 saturated carbocycles. The van der Waals surface area contributed by atoms with Gasteiger partial charge in [-0.15, -0.1) is 0 Å². The van der Waals surface area contributed by atoms with Crippen molar-refractivity contribution in [3.8, 4) is 11.1 Å². The highest BCUT2D eigenvalue weighted by Crippen LogP contribution is 2.23. The molecule has 0 amide bonds. The first kappa shape index (κ1) is 11.3. The molecule has 4 heteroatoms. The van der Waals surface area contributed by atoms with Crippen LogP contribution in [0.1, 0.15) is 15.9 Å². The maximum atomic E-state index is 11.0. The molecule has 1 aromatic carbocycles. The molecule has 2 rings (SSSR count). The smallest absolute Gasteiger partial charge is 0.337 e.